The van der Waals surface area contributed by atoms with Crippen molar-refractivity contribution in [3.63, 3.8) is 0 Å². The number of unbranched alkanes of at least 4 members (excludes halogenated alkanes) is 13. The summed E-state index contributed by atoms with van der Waals surface area (Å²) >= 11 is 0. The van der Waals surface area contributed by atoms with Crippen LogP contribution in [-0.2, 0) is 4.74 Å². The minimum Gasteiger partial charge on any atom is -0.396 e. The van der Waals surface area contributed by atoms with Crippen LogP contribution < -0.4 is 0 Å². The van der Waals surface area contributed by atoms with Crippen LogP contribution >= 0.6 is 0 Å². The summed E-state index contributed by atoms with van der Waals surface area (Å²) in [6, 6.07) is 0. The predicted molar refractivity (Wildman–Crippen MR) is 96.4 cm³/mol. The van der Waals surface area contributed by atoms with Crippen molar-refractivity contribution in [2.24, 2.45) is 0 Å². The molecule has 0 spiro atoms. The monoisotopic (exact) mass is 318 g/mol. The number of aliphatic hydroxyl groups excluding tert-OH is 2. The van der Waals surface area contributed by atoms with Crippen molar-refractivity contribution in [2.45, 2.75) is 96.8 Å². The summed E-state index contributed by atoms with van der Waals surface area (Å²) < 4.78 is 4.44. The second kappa shape index (κ2) is 25.8. The van der Waals surface area contributed by atoms with Crippen LogP contribution in [0.1, 0.15) is 96.8 Å². The van der Waals surface area contributed by atoms with Gasteiger partial charge < -0.3 is 14.9 Å². The molecule has 0 aromatic rings. The number of rotatable bonds is 16. The summed E-state index contributed by atoms with van der Waals surface area (Å²) in [6.07, 6.45) is 19.2. The second-order valence-electron chi connectivity index (χ2n) is 6.04. The van der Waals surface area contributed by atoms with E-state index in [1.165, 1.54) is 83.5 Å². The first-order valence-corrected chi connectivity index (χ1v) is 9.54. The van der Waals surface area contributed by atoms with Gasteiger partial charge in [-0.25, -0.2) is 0 Å². The summed E-state index contributed by atoms with van der Waals surface area (Å²) in [6.45, 7) is 3.22. The first-order chi connectivity index (χ1) is 10.8. The molecule has 22 heavy (non-hydrogen) atoms. The van der Waals surface area contributed by atoms with E-state index >= 15 is 0 Å². The molecular formula is C19H42O3. The van der Waals surface area contributed by atoms with Gasteiger partial charge in [0.1, 0.15) is 0 Å². The van der Waals surface area contributed by atoms with Crippen molar-refractivity contribution in [1.82, 2.24) is 0 Å². The van der Waals surface area contributed by atoms with Crippen LogP contribution in [0.5, 0.6) is 0 Å². The van der Waals surface area contributed by atoms with E-state index in [9.17, 15) is 0 Å². The lowest BCUT2D eigenvalue weighted by Gasteiger charge is -2.02. The van der Waals surface area contributed by atoms with Crippen LogP contribution in [0.3, 0.4) is 0 Å². The van der Waals surface area contributed by atoms with E-state index in [1.54, 1.807) is 7.11 Å². The Kier molecular flexibility index (Phi) is 28.3. The van der Waals surface area contributed by atoms with Crippen LogP contribution in [0, 0.1) is 0 Å². The van der Waals surface area contributed by atoms with E-state index in [2.05, 4.69) is 11.7 Å². The van der Waals surface area contributed by atoms with Gasteiger partial charge in [-0.3, -0.25) is 0 Å². The third-order valence-corrected chi connectivity index (χ3v) is 3.81. The molecule has 0 radical (unpaired) electrons. The largest absolute Gasteiger partial charge is 0.396 e. The van der Waals surface area contributed by atoms with E-state index in [-0.39, 0.29) is 6.61 Å². The maximum absolute atomic E-state index is 8.64. The Bertz CT molecular complexity index is 147. The Hall–Kier alpha value is -0.120. The topological polar surface area (TPSA) is 49.7 Å². The van der Waals surface area contributed by atoms with Gasteiger partial charge in [0.15, 0.2) is 0 Å². The Morgan fingerprint density at radius 2 is 0.909 bits per heavy atom. The van der Waals surface area contributed by atoms with Gasteiger partial charge in [0.25, 0.3) is 0 Å². The SMILES string of the molecule is CCCCCCCCCCCCCCCCO.COCCO. The molecule has 0 saturated heterocycles. The Morgan fingerprint density at radius 1 is 0.545 bits per heavy atom. The van der Waals surface area contributed by atoms with Gasteiger partial charge >= 0.3 is 0 Å². The highest BCUT2D eigenvalue weighted by atomic mass is 16.5. The number of hydrogen-bond donors (Lipinski definition) is 2. The van der Waals surface area contributed by atoms with Crippen molar-refractivity contribution in [3.05, 3.63) is 0 Å². The summed E-state index contributed by atoms with van der Waals surface area (Å²) in [7, 11) is 1.55. The summed E-state index contributed by atoms with van der Waals surface area (Å²) in [5.41, 5.74) is 0. The van der Waals surface area contributed by atoms with Crippen LogP contribution in [-0.4, -0.2) is 37.1 Å². The molecule has 0 heterocycles. The fourth-order valence-corrected chi connectivity index (χ4v) is 2.40. The Labute approximate surface area is 139 Å². The first-order valence-electron chi connectivity index (χ1n) is 9.54. The average molecular weight is 319 g/mol. The molecule has 136 valence electrons. The average Bonchev–Trinajstić information content (AvgIpc) is 2.53. The van der Waals surface area contributed by atoms with Gasteiger partial charge in [-0.2, -0.15) is 0 Å². The molecular weight excluding hydrogens is 276 g/mol. The van der Waals surface area contributed by atoms with Crippen molar-refractivity contribution < 1.29 is 14.9 Å². The van der Waals surface area contributed by atoms with Gasteiger partial charge in [0, 0.05) is 13.7 Å². The quantitative estimate of drug-likeness (QED) is 0.390. The van der Waals surface area contributed by atoms with E-state index in [1.807, 2.05) is 0 Å². The van der Waals surface area contributed by atoms with Gasteiger partial charge in [-0.15, -0.1) is 0 Å². The van der Waals surface area contributed by atoms with Gasteiger partial charge in [0.05, 0.1) is 13.2 Å². The van der Waals surface area contributed by atoms with Crippen LogP contribution in [0.2, 0.25) is 0 Å². The molecule has 0 bridgehead atoms. The van der Waals surface area contributed by atoms with Gasteiger partial charge in [-0.1, -0.05) is 90.4 Å². The zero-order valence-electron chi connectivity index (χ0n) is 15.3. The predicted octanol–water partition coefficient (Wildman–Crippen LogP) is 5.09. The maximum Gasteiger partial charge on any atom is 0.0693 e. The Morgan fingerprint density at radius 3 is 1.14 bits per heavy atom. The number of methoxy groups -OCH3 is 1. The molecule has 0 atom stereocenters. The third kappa shape index (κ3) is 28.1. The zero-order valence-corrected chi connectivity index (χ0v) is 15.3. The van der Waals surface area contributed by atoms with Crippen LogP contribution in [0.25, 0.3) is 0 Å². The molecule has 0 amide bonds. The lowest BCUT2D eigenvalue weighted by atomic mass is 10.0. The number of ether oxygens (including phenoxy) is 1. The van der Waals surface area contributed by atoms with Crippen molar-refractivity contribution >= 4 is 0 Å². The third-order valence-electron chi connectivity index (χ3n) is 3.81. The van der Waals surface area contributed by atoms with E-state index in [0.717, 1.165) is 6.42 Å². The lowest BCUT2D eigenvalue weighted by molar-refractivity contribution is 0.135. The summed E-state index contributed by atoms with van der Waals surface area (Å²) in [4.78, 5) is 0. The maximum atomic E-state index is 8.64. The highest BCUT2D eigenvalue weighted by Crippen LogP contribution is 2.12. The van der Waals surface area contributed by atoms with Crippen molar-refractivity contribution in [2.75, 3.05) is 26.9 Å². The summed E-state index contributed by atoms with van der Waals surface area (Å²) in [5, 5.41) is 16.6. The van der Waals surface area contributed by atoms with E-state index in [0.29, 0.717) is 13.2 Å². The van der Waals surface area contributed by atoms with Crippen molar-refractivity contribution in [3.8, 4) is 0 Å². The molecule has 0 saturated carbocycles. The molecule has 2 N–H and O–H groups in total. The molecule has 0 aromatic heterocycles. The van der Waals surface area contributed by atoms with E-state index < -0.39 is 0 Å². The minimum atomic E-state index is 0.122. The smallest absolute Gasteiger partial charge is 0.0693 e. The molecule has 0 aliphatic heterocycles. The standard InChI is InChI=1S/C16H34O.C3H8O2/c1-2-3-4-5-6-7-8-9-10-11-12-13-14-15-16-17;1-5-3-2-4/h17H,2-16H2,1H3;4H,2-3H2,1H3. The summed E-state index contributed by atoms with van der Waals surface area (Å²) in [5.74, 6) is 0. The molecule has 0 unspecified atom stereocenters. The Balaban J connectivity index is 0. The van der Waals surface area contributed by atoms with Crippen LogP contribution in [0.15, 0.2) is 0 Å². The van der Waals surface area contributed by atoms with Crippen LogP contribution in [0.4, 0.5) is 0 Å². The molecule has 0 fully saturated rings. The number of hydrogen-bond acceptors (Lipinski definition) is 3. The van der Waals surface area contributed by atoms with E-state index in [4.69, 9.17) is 10.2 Å². The molecule has 0 aliphatic carbocycles. The first kappa shape index (κ1) is 24.1. The normalized spacial score (nSPS) is 10.4. The van der Waals surface area contributed by atoms with Crippen molar-refractivity contribution in [1.29, 1.82) is 0 Å². The molecule has 3 nitrogen and oxygen atoms in total. The van der Waals surface area contributed by atoms with Gasteiger partial charge in [-0.05, 0) is 6.42 Å². The fraction of sp³-hybridized carbons (Fsp3) is 1.00. The lowest BCUT2D eigenvalue weighted by Crippen LogP contribution is -1.91. The zero-order chi connectivity index (χ0) is 16.7. The highest BCUT2D eigenvalue weighted by Gasteiger charge is 1.93. The fourth-order valence-electron chi connectivity index (χ4n) is 2.40. The molecule has 0 rings (SSSR count). The highest BCUT2D eigenvalue weighted by molar-refractivity contribution is 4.48. The van der Waals surface area contributed by atoms with Gasteiger partial charge in [0.2, 0.25) is 0 Å². The number of aliphatic hydroxyl groups is 2. The molecule has 0 aliphatic rings. The molecule has 0 aromatic carbocycles. The second-order valence-corrected chi connectivity index (χ2v) is 6.04. The molecule has 3 heteroatoms. The minimum absolute atomic E-state index is 0.122.